The lowest BCUT2D eigenvalue weighted by Crippen LogP contribution is -2.04. The van der Waals surface area contributed by atoms with E-state index in [0.29, 0.717) is 10.9 Å². The predicted octanol–water partition coefficient (Wildman–Crippen LogP) is 2.14. The number of nitrogens with one attached hydrogen (secondary N) is 1. The summed E-state index contributed by atoms with van der Waals surface area (Å²) in [5.74, 6) is -0.858. The lowest BCUT2D eigenvalue weighted by atomic mass is 10.2. The van der Waals surface area contributed by atoms with Crippen LogP contribution >= 0.6 is 15.9 Å². The van der Waals surface area contributed by atoms with Gasteiger partial charge in [0, 0.05) is 10.9 Å². The van der Waals surface area contributed by atoms with Crippen molar-refractivity contribution in [2.24, 2.45) is 0 Å². The summed E-state index contributed by atoms with van der Waals surface area (Å²) in [6, 6.07) is 3.91. The molecule has 0 unspecified atom stereocenters. The molecule has 1 aromatic carbocycles. The molecule has 0 aliphatic carbocycles. The van der Waals surface area contributed by atoms with Crippen LogP contribution in [0.15, 0.2) is 27.5 Å². The molecule has 72 valence electrons. The number of pyridine rings is 1. The van der Waals surface area contributed by atoms with Crippen LogP contribution in [-0.2, 0) is 0 Å². The number of rotatable bonds is 0. The van der Waals surface area contributed by atoms with Crippen LogP contribution in [-0.4, -0.2) is 10.1 Å². The number of halogens is 2. The fourth-order valence-corrected chi connectivity index (χ4v) is 1.53. The third kappa shape index (κ3) is 1.39. The van der Waals surface area contributed by atoms with E-state index in [2.05, 4.69) is 20.9 Å². The second-order valence-electron chi connectivity index (χ2n) is 2.84. The normalized spacial score (nSPS) is 10.7. The molecule has 0 bridgehead atoms. The molecule has 0 fully saturated rings. The van der Waals surface area contributed by atoms with Crippen molar-refractivity contribution in [1.29, 1.82) is 0 Å². The van der Waals surface area contributed by atoms with E-state index in [1.165, 1.54) is 18.2 Å². The first-order valence-corrected chi connectivity index (χ1v) is 4.58. The number of aromatic amines is 1. The molecule has 3 nitrogen and oxygen atoms in total. The van der Waals surface area contributed by atoms with Crippen molar-refractivity contribution >= 4 is 26.8 Å². The van der Waals surface area contributed by atoms with Gasteiger partial charge in [-0.25, -0.2) is 4.39 Å². The molecule has 2 rings (SSSR count). The highest BCUT2D eigenvalue weighted by molar-refractivity contribution is 9.10. The van der Waals surface area contributed by atoms with Gasteiger partial charge in [0.25, 0.3) is 5.56 Å². The zero-order valence-electron chi connectivity index (χ0n) is 6.84. The van der Waals surface area contributed by atoms with E-state index >= 15 is 0 Å². The minimum atomic E-state index is -0.587. The van der Waals surface area contributed by atoms with Gasteiger partial charge in [0.15, 0.2) is 5.75 Å². The number of benzene rings is 1. The van der Waals surface area contributed by atoms with Crippen molar-refractivity contribution in [3.63, 3.8) is 0 Å². The quantitative estimate of drug-likeness (QED) is 0.760. The monoisotopic (exact) mass is 257 g/mol. The van der Waals surface area contributed by atoms with Crippen molar-refractivity contribution in [3.05, 3.63) is 38.8 Å². The van der Waals surface area contributed by atoms with Gasteiger partial charge in [-0.3, -0.25) is 4.79 Å². The summed E-state index contributed by atoms with van der Waals surface area (Å²) in [4.78, 5) is 13.4. The third-order valence-corrected chi connectivity index (χ3v) is 2.47. The van der Waals surface area contributed by atoms with E-state index in [1.807, 2.05) is 0 Å². The van der Waals surface area contributed by atoms with Crippen molar-refractivity contribution in [2.45, 2.75) is 0 Å². The number of H-pyrrole nitrogens is 1. The van der Waals surface area contributed by atoms with Gasteiger partial charge in [0.1, 0.15) is 5.82 Å². The van der Waals surface area contributed by atoms with Crippen molar-refractivity contribution in [2.75, 3.05) is 0 Å². The van der Waals surface area contributed by atoms with E-state index < -0.39 is 17.1 Å². The maximum atomic E-state index is 13.1. The van der Waals surface area contributed by atoms with Crippen molar-refractivity contribution in [1.82, 2.24) is 4.98 Å². The molecule has 0 saturated carbocycles. The molecule has 2 aromatic rings. The molecule has 1 heterocycles. The average molecular weight is 258 g/mol. The zero-order chi connectivity index (χ0) is 10.3. The molecule has 0 spiro atoms. The molecule has 0 atom stereocenters. The molecule has 1 aromatic heterocycles. The number of hydrogen-bond acceptors (Lipinski definition) is 2. The maximum Gasteiger partial charge on any atom is 0.290 e. The van der Waals surface area contributed by atoms with Gasteiger partial charge >= 0.3 is 0 Å². The summed E-state index contributed by atoms with van der Waals surface area (Å²) in [5.41, 5.74) is -0.114. The predicted molar refractivity (Wildman–Crippen MR) is 53.9 cm³/mol. The molecule has 14 heavy (non-hydrogen) atoms. The molecule has 2 N–H and O–H groups in total. The highest BCUT2D eigenvalue weighted by Crippen LogP contribution is 2.22. The largest absolute Gasteiger partial charge is 0.503 e. The van der Waals surface area contributed by atoms with Crippen LogP contribution in [0.5, 0.6) is 5.75 Å². The van der Waals surface area contributed by atoms with Crippen molar-refractivity contribution < 1.29 is 9.50 Å². The third-order valence-electron chi connectivity index (χ3n) is 1.87. The summed E-state index contributed by atoms with van der Waals surface area (Å²) in [5, 5.41) is 9.55. The average Bonchev–Trinajstić information content (AvgIpc) is 2.11. The SMILES string of the molecule is O=c1[nH]c2cc(Br)c(F)cc2cc1O. The molecule has 0 amide bonds. The Morgan fingerprint density at radius 1 is 1.36 bits per heavy atom. The minimum absolute atomic E-state index is 0.270. The number of hydrogen-bond donors (Lipinski definition) is 2. The topological polar surface area (TPSA) is 53.1 Å². The molecular weight excluding hydrogens is 253 g/mol. The number of fused-ring (bicyclic) bond motifs is 1. The molecule has 5 heteroatoms. The van der Waals surface area contributed by atoms with Crippen LogP contribution in [0.1, 0.15) is 0 Å². The van der Waals surface area contributed by atoms with E-state index in [1.54, 1.807) is 0 Å². The van der Waals surface area contributed by atoms with Gasteiger partial charge < -0.3 is 10.1 Å². The summed E-state index contributed by atoms with van der Waals surface area (Å²) >= 11 is 3.00. The fraction of sp³-hybridized carbons (Fsp3) is 0. The highest BCUT2D eigenvalue weighted by Gasteiger charge is 2.05. The fourth-order valence-electron chi connectivity index (χ4n) is 1.19. The molecule has 0 aliphatic rings. The van der Waals surface area contributed by atoms with E-state index in [0.717, 1.165) is 0 Å². The van der Waals surface area contributed by atoms with Crippen LogP contribution in [0, 0.1) is 5.82 Å². The van der Waals surface area contributed by atoms with E-state index in [4.69, 9.17) is 5.11 Å². The molecule has 0 radical (unpaired) electrons. The van der Waals surface area contributed by atoms with Gasteiger partial charge in [0.2, 0.25) is 0 Å². The Bertz CT molecular complexity index is 564. The van der Waals surface area contributed by atoms with Gasteiger partial charge in [-0.1, -0.05) is 0 Å². The second kappa shape index (κ2) is 3.09. The summed E-state index contributed by atoms with van der Waals surface area (Å²) < 4.78 is 13.3. The standard InChI is InChI=1S/C9H5BrFNO2/c10-5-3-7-4(1-6(5)11)2-8(13)9(14)12-7/h1-3,13H,(H,12,14). The highest BCUT2D eigenvalue weighted by atomic mass is 79.9. The van der Waals surface area contributed by atoms with Crippen LogP contribution in [0.4, 0.5) is 4.39 Å². The van der Waals surface area contributed by atoms with Gasteiger partial charge in [0.05, 0.1) is 4.47 Å². The Morgan fingerprint density at radius 2 is 2.07 bits per heavy atom. The summed E-state index contributed by atoms with van der Waals surface area (Å²) in [6.45, 7) is 0. The first-order valence-electron chi connectivity index (χ1n) is 3.79. The Morgan fingerprint density at radius 3 is 2.79 bits per heavy atom. The summed E-state index contributed by atoms with van der Waals surface area (Å²) in [7, 11) is 0. The Labute approximate surface area is 86.3 Å². The number of aromatic hydroxyl groups is 1. The number of aromatic nitrogens is 1. The van der Waals surface area contributed by atoms with Crippen LogP contribution < -0.4 is 5.56 Å². The van der Waals surface area contributed by atoms with Crippen LogP contribution in [0.25, 0.3) is 10.9 Å². The first kappa shape index (κ1) is 9.21. The van der Waals surface area contributed by atoms with Crippen LogP contribution in [0.3, 0.4) is 0 Å². The lowest BCUT2D eigenvalue weighted by Gasteiger charge is -2.00. The second-order valence-corrected chi connectivity index (χ2v) is 3.69. The smallest absolute Gasteiger partial charge is 0.290 e. The Hall–Kier alpha value is -1.36. The van der Waals surface area contributed by atoms with Crippen LogP contribution in [0.2, 0.25) is 0 Å². The van der Waals surface area contributed by atoms with Gasteiger partial charge in [-0.2, -0.15) is 0 Å². The minimum Gasteiger partial charge on any atom is -0.503 e. The van der Waals surface area contributed by atoms with E-state index in [-0.39, 0.29) is 4.47 Å². The summed E-state index contributed by atoms with van der Waals surface area (Å²) in [6.07, 6.45) is 0. The Balaban J connectivity index is 2.90. The molecular formula is C9H5BrFNO2. The molecule has 0 saturated heterocycles. The lowest BCUT2D eigenvalue weighted by molar-refractivity contribution is 0.468. The Kier molecular flexibility index (Phi) is 2.03. The van der Waals surface area contributed by atoms with Gasteiger partial charge in [-0.15, -0.1) is 0 Å². The first-order chi connectivity index (χ1) is 6.58. The van der Waals surface area contributed by atoms with Gasteiger partial charge in [-0.05, 0) is 34.1 Å². The molecule has 0 aliphatic heterocycles. The maximum absolute atomic E-state index is 13.1. The zero-order valence-corrected chi connectivity index (χ0v) is 8.43. The van der Waals surface area contributed by atoms with Crippen molar-refractivity contribution in [3.8, 4) is 5.75 Å². The van der Waals surface area contributed by atoms with E-state index in [9.17, 15) is 9.18 Å².